The summed E-state index contributed by atoms with van der Waals surface area (Å²) < 4.78 is 1.98. The monoisotopic (exact) mass is 353 g/mol. The van der Waals surface area contributed by atoms with E-state index in [-0.39, 0.29) is 6.03 Å². The predicted octanol–water partition coefficient (Wildman–Crippen LogP) is 1.53. The van der Waals surface area contributed by atoms with Crippen molar-refractivity contribution in [3.63, 3.8) is 0 Å². The molecule has 1 aliphatic carbocycles. The maximum atomic E-state index is 11.8. The Kier molecular flexibility index (Phi) is 3.76. The molecular weight excluding hydrogens is 330 g/mol. The summed E-state index contributed by atoms with van der Waals surface area (Å²) in [4.78, 5) is 25.0. The topological polar surface area (TPSA) is 79.2 Å². The van der Waals surface area contributed by atoms with Gasteiger partial charge in [0.15, 0.2) is 0 Å². The van der Waals surface area contributed by atoms with Crippen molar-refractivity contribution in [1.82, 2.24) is 25.1 Å². The summed E-state index contributed by atoms with van der Waals surface area (Å²) in [7, 11) is 0. The first-order valence-corrected chi connectivity index (χ1v) is 9.47. The molecule has 8 heteroatoms. The number of urea groups is 1. The molecule has 0 bridgehead atoms. The van der Waals surface area contributed by atoms with Crippen LogP contribution in [0.4, 0.5) is 16.3 Å². The highest BCUT2D eigenvalue weighted by atomic mass is 16.2. The van der Waals surface area contributed by atoms with Crippen molar-refractivity contribution >= 4 is 17.5 Å². The third kappa shape index (κ3) is 2.60. The number of amides is 2. The van der Waals surface area contributed by atoms with Crippen LogP contribution in [0.5, 0.6) is 0 Å². The lowest BCUT2D eigenvalue weighted by Crippen LogP contribution is -2.49. The summed E-state index contributed by atoms with van der Waals surface area (Å²) in [5, 5.41) is 7.31. The molecule has 0 atom stereocenters. The highest BCUT2D eigenvalue weighted by Gasteiger charge is 2.33. The van der Waals surface area contributed by atoms with Gasteiger partial charge in [-0.15, -0.1) is 0 Å². The van der Waals surface area contributed by atoms with Gasteiger partial charge in [0, 0.05) is 43.6 Å². The maximum Gasteiger partial charge on any atom is 0.322 e. The molecule has 0 unspecified atom stereocenters. The van der Waals surface area contributed by atoms with E-state index in [1.54, 1.807) is 17.4 Å². The molecule has 3 aliphatic rings. The zero-order valence-corrected chi connectivity index (χ0v) is 14.8. The van der Waals surface area contributed by atoms with Crippen molar-refractivity contribution in [2.45, 2.75) is 38.1 Å². The number of aryl methyl sites for hydroxylation is 1. The lowest BCUT2D eigenvalue weighted by molar-refractivity contribution is 0.252. The van der Waals surface area contributed by atoms with Crippen molar-refractivity contribution in [2.24, 2.45) is 0 Å². The molecule has 2 saturated heterocycles. The standard InChI is InChI=1S/C18H23N7O/c26-18-19-6-7-24(18)13-8-22-25(11-13)14-9-23(10-14)17-15-4-2-1-3-5-16(15)20-12-21-17/h8,11-12,14H,1-7,9-10H2,(H,19,26). The highest BCUT2D eigenvalue weighted by Crippen LogP contribution is 2.32. The third-order valence-electron chi connectivity index (χ3n) is 5.64. The van der Waals surface area contributed by atoms with E-state index in [9.17, 15) is 4.79 Å². The van der Waals surface area contributed by atoms with Gasteiger partial charge in [-0.3, -0.25) is 9.58 Å². The molecule has 0 saturated carbocycles. The molecule has 2 amide bonds. The third-order valence-corrected chi connectivity index (χ3v) is 5.64. The normalized spacial score (nSPS) is 20.5. The SMILES string of the molecule is O=C1NCCN1c1cnn(C2CN(c3ncnc4c3CCCCC4)C2)c1. The van der Waals surface area contributed by atoms with Crippen molar-refractivity contribution in [2.75, 3.05) is 36.0 Å². The van der Waals surface area contributed by atoms with Crippen LogP contribution < -0.4 is 15.1 Å². The van der Waals surface area contributed by atoms with Crippen LogP contribution >= 0.6 is 0 Å². The number of aromatic nitrogens is 4. The van der Waals surface area contributed by atoms with E-state index in [2.05, 4.69) is 25.3 Å². The van der Waals surface area contributed by atoms with E-state index in [1.807, 2.05) is 10.9 Å². The second-order valence-corrected chi connectivity index (χ2v) is 7.30. The van der Waals surface area contributed by atoms with Crippen molar-refractivity contribution < 1.29 is 4.79 Å². The molecule has 0 spiro atoms. The number of nitrogens with zero attached hydrogens (tertiary/aromatic N) is 6. The highest BCUT2D eigenvalue weighted by molar-refractivity contribution is 5.93. The molecule has 2 aromatic heterocycles. The fourth-order valence-electron chi connectivity index (χ4n) is 4.13. The van der Waals surface area contributed by atoms with Crippen molar-refractivity contribution in [1.29, 1.82) is 0 Å². The maximum absolute atomic E-state index is 11.8. The van der Waals surface area contributed by atoms with Gasteiger partial charge < -0.3 is 10.2 Å². The number of anilines is 2. The Morgan fingerprint density at radius 1 is 1.12 bits per heavy atom. The number of nitrogens with one attached hydrogen (secondary N) is 1. The molecule has 8 nitrogen and oxygen atoms in total. The van der Waals surface area contributed by atoms with Gasteiger partial charge in [-0.25, -0.2) is 14.8 Å². The van der Waals surface area contributed by atoms with Gasteiger partial charge in [0.1, 0.15) is 12.1 Å². The van der Waals surface area contributed by atoms with Gasteiger partial charge in [0.05, 0.1) is 17.9 Å². The number of hydrogen-bond acceptors (Lipinski definition) is 5. The fourth-order valence-corrected chi connectivity index (χ4v) is 4.13. The Bertz CT molecular complexity index is 827. The fraction of sp³-hybridized carbons (Fsp3) is 0.556. The molecule has 2 aromatic rings. The van der Waals surface area contributed by atoms with E-state index < -0.39 is 0 Å². The average Bonchev–Trinajstić information content (AvgIpc) is 3.16. The van der Waals surface area contributed by atoms with Crippen molar-refractivity contribution in [3.05, 3.63) is 30.0 Å². The summed E-state index contributed by atoms with van der Waals surface area (Å²) in [5.74, 6) is 1.11. The minimum atomic E-state index is -0.0385. The minimum absolute atomic E-state index is 0.0385. The lowest BCUT2D eigenvalue weighted by Gasteiger charge is -2.41. The Labute approximate surface area is 152 Å². The Hall–Kier alpha value is -2.64. The second kappa shape index (κ2) is 6.26. The average molecular weight is 353 g/mol. The summed E-state index contributed by atoms with van der Waals surface area (Å²) in [6, 6.07) is 0.286. The number of fused-ring (bicyclic) bond motifs is 1. The first kappa shape index (κ1) is 15.6. The molecule has 5 rings (SSSR count). The zero-order chi connectivity index (χ0) is 17.5. The van der Waals surface area contributed by atoms with Crippen LogP contribution in [0, 0.1) is 0 Å². The van der Waals surface area contributed by atoms with Crippen LogP contribution in [0.1, 0.15) is 36.6 Å². The van der Waals surface area contributed by atoms with Crippen LogP contribution in [0.25, 0.3) is 0 Å². The summed E-state index contributed by atoms with van der Waals surface area (Å²) in [6.07, 6.45) is 11.4. The van der Waals surface area contributed by atoms with Gasteiger partial charge in [-0.05, 0) is 25.7 Å². The molecular formula is C18H23N7O. The molecule has 2 aliphatic heterocycles. The number of hydrogen-bond donors (Lipinski definition) is 1. The van der Waals surface area contributed by atoms with E-state index in [0.717, 1.165) is 37.4 Å². The lowest BCUT2D eigenvalue weighted by atomic mass is 10.0. The van der Waals surface area contributed by atoms with Crippen LogP contribution in [0.15, 0.2) is 18.7 Å². The van der Waals surface area contributed by atoms with E-state index >= 15 is 0 Å². The Morgan fingerprint density at radius 2 is 2.00 bits per heavy atom. The molecule has 26 heavy (non-hydrogen) atoms. The molecule has 0 radical (unpaired) electrons. The summed E-state index contributed by atoms with van der Waals surface area (Å²) in [6.45, 7) is 3.20. The summed E-state index contributed by atoms with van der Waals surface area (Å²) in [5.41, 5.74) is 3.45. The van der Waals surface area contributed by atoms with Crippen LogP contribution in [0.2, 0.25) is 0 Å². The number of rotatable bonds is 3. The minimum Gasteiger partial charge on any atom is -0.352 e. The second-order valence-electron chi connectivity index (χ2n) is 7.30. The molecule has 1 N–H and O–H groups in total. The zero-order valence-electron chi connectivity index (χ0n) is 14.8. The van der Waals surface area contributed by atoms with Gasteiger partial charge in [-0.2, -0.15) is 5.10 Å². The van der Waals surface area contributed by atoms with Crippen LogP contribution in [0.3, 0.4) is 0 Å². The Balaban J connectivity index is 1.30. The Morgan fingerprint density at radius 3 is 2.85 bits per heavy atom. The molecule has 4 heterocycles. The largest absolute Gasteiger partial charge is 0.352 e. The van der Waals surface area contributed by atoms with Crippen molar-refractivity contribution in [3.8, 4) is 0 Å². The van der Waals surface area contributed by atoms with Gasteiger partial charge in [0.25, 0.3) is 0 Å². The van der Waals surface area contributed by atoms with Gasteiger partial charge in [-0.1, -0.05) is 6.42 Å². The number of carbonyl (C=O) groups is 1. The molecule has 136 valence electrons. The first-order chi connectivity index (χ1) is 12.8. The predicted molar refractivity (Wildman–Crippen MR) is 97.5 cm³/mol. The van der Waals surface area contributed by atoms with E-state index in [1.165, 1.54) is 30.5 Å². The van der Waals surface area contributed by atoms with E-state index in [0.29, 0.717) is 19.1 Å². The number of carbonyl (C=O) groups excluding carboxylic acids is 1. The van der Waals surface area contributed by atoms with Crippen LogP contribution in [-0.2, 0) is 12.8 Å². The quantitative estimate of drug-likeness (QED) is 0.847. The molecule has 0 aromatic carbocycles. The first-order valence-electron chi connectivity index (χ1n) is 9.47. The van der Waals surface area contributed by atoms with E-state index in [4.69, 9.17) is 0 Å². The van der Waals surface area contributed by atoms with Gasteiger partial charge in [0.2, 0.25) is 0 Å². The summed E-state index contributed by atoms with van der Waals surface area (Å²) >= 11 is 0. The van der Waals surface area contributed by atoms with Crippen LogP contribution in [-0.4, -0.2) is 52.0 Å². The van der Waals surface area contributed by atoms with Gasteiger partial charge >= 0.3 is 6.03 Å². The smallest absolute Gasteiger partial charge is 0.322 e. The molecule has 2 fully saturated rings.